The van der Waals surface area contributed by atoms with Crippen molar-refractivity contribution in [2.45, 2.75) is 24.9 Å². The molecule has 1 aliphatic carbocycles. The fourth-order valence-corrected chi connectivity index (χ4v) is 5.33. The van der Waals surface area contributed by atoms with Gasteiger partial charge in [-0.05, 0) is 79.1 Å². The highest BCUT2D eigenvalue weighted by Gasteiger charge is 2.40. The molecule has 1 aromatic heterocycles. The van der Waals surface area contributed by atoms with Crippen molar-refractivity contribution in [1.82, 2.24) is 9.47 Å². The lowest BCUT2D eigenvalue weighted by molar-refractivity contribution is -0.119. The van der Waals surface area contributed by atoms with Crippen molar-refractivity contribution in [1.29, 1.82) is 0 Å². The first-order valence-corrected chi connectivity index (χ1v) is 13.4. The highest BCUT2D eigenvalue weighted by Crippen LogP contribution is 2.43. The average molecular weight is 571 g/mol. The van der Waals surface area contributed by atoms with Gasteiger partial charge in [-0.25, -0.2) is 4.79 Å². The largest absolute Gasteiger partial charge is 0.497 e. The molecule has 0 bridgehead atoms. The molecule has 1 atom stereocenters. The van der Waals surface area contributed by atoms with Gasteiger partial charge < -0.3 is 19.5 Å². The number of hydrogen-bond acceptors (Lipinski definition) is 3. The molecular formula is C30H27BrN4O3. The van der Waals surface area contributed by atoms with Crippen molar-refractivity contribution >= 4 is 39.2 Å². The Morgan fingerprint density at radius 3 is 2.34 bits per heavy atom. The molecular weight excluding hydrogens is 544 g/mol. The Morgan fingerprint density at radius 2 is 1.66 bits per heavy atom. The third-order valence-electron chi connectivity index (χ3n) is 7.07. The molecule has 0 spiro atoms. The van der Waals surface area contributed by atoms with Crippen molar-refractivity contribution in [3.05, 3.63) is 107 Å². The first-order chi connectivity index (χ1) is 18.5. The molecule has 3 aromatic carbocycles. The molecule has 0 saturated heterocycles. The van der Waals surface area contributed by atoms with E-state index in [-0.39, 0.29) is 30.6 Å². The van der Waals surface area contributed by atoms with Gasteiger partial charge in [0.05, 0.1) is 24.2 Å². The number of carbonyl (C=O) groups excluding carboxylic acids is 2. The Hall–Kier alpha value is -4.04. The second-order valence-corrected chi connectivity index (χ2v) is 10.4. The Balaban J connectivity index is 1.35. The minimum atomic E-state index is -0.353. The van der Waals surface area contributed by atoms with Gasteiger partial charge >= 0.3 is 6.03 Å². The maximum Gasteiger partial charge on any atom is 0.322 e. The number of anilines is 2. The van der Waals surface area contributed by atoms with E-state index in [0.717, 1.165) is 45.7 Å². The lowest BCUT2D eigenvalue weighted by atomic mass is 9.97. The number of amides is 3. The Morgan fingerprint density at radius 1 is 0.947 bits per heavy atom. The van der Waals surface area contributed by atoms with Gasteiger partial charge in [-0.3, -0.25) is 9.69 Å². The van der Waals surface area contributed by atoms with E-state index >= 15 is 0 Å². The Labute approximate surface area is 229 Å². The van der Waals surface area contributed by atoms with Gasteiger partial charge in [0.1, 0.15) is 18.3 Å². The normalized spacial score (nSPS) is 15.8. The number of carbonyl (C=O) groups is 2. The summed E-state index contributed by atoms with van der Waals surface area (Å²) in [5.74, 6) is 0.617. The number of nitrogens with one attached hydrogen (secondary N) is 1. The number of benzene rings is 3. The van der Waals surface area contributed by atoms with Crippen LogP contribution >= 0.6 is 15.9 Å². The van der Waals surface area contributed by atoms with Crippen LogP contribution in [-0.2, 0) is 4.79 Å². The molecule has 4 aromatic rings. The summed E-state index contributed by atoms with van der Waals surface area (Å²) in [6, 6.07) is 26.6. The minimum Gasteiger partial charge on any atom is -0.497 e. The summed E-state index contributed by atoms with van der Waals surface area (Å²) in [7, 11) is 1.64. The molecule has 1 unspecified atom stereocenters. The predicted molar refractivity (Wildman–Crippen MR) is 151 cm³/mol. The molecule has 2 heterocycles. The zero-order chi connectivity index (χ0) is 26.2. The van der Waals surface area contributed by atoms with E-state index in [1.54, 1.807) is 12.0 Å². The predicted octanol–water partition coefficient (Wildman–Crippen LogP) is 6.38. The monoisotopic (exact) mass is 570 g/mol. The van der Waals surface area contributed by atoms with Crippen molar-refractivity contribution in [2.24, 2.45) is 0 Å². The number of nitrogens with zero attached hydrogens (tertiary/aromatic N) is 3. The molecule has 1 saturated carbocycles. The number of para-hydroxylation sites is 2. The lowest BCUT2D eigenvalue weighted by Gasteiger charge is -2.39. The zero-order valence-corrected chi connectivity index (χ0v) is 22.5. The molecule has 1 N–H and O–H groups in total. The van der Waals surface area contributed by atoms with Crippen molar-refractivity contribution in [3.63, 3.8) is 0 Å². The average Bonchev–Trinajstić information content (AvgIpc) is 3.67. The summed E-state index contributed by atoms with van der Waals surface area (Å²) < 4.78 is 8.43. The van der Waals surface area contributed by atoms with Gasteiger partial charge in [-0.1, -0.05) is 40.2 Å². The van der Waals surface area contributed by atoms with E-state index < -0.39 is 0 Å². The van der Waals surface area contributed by atoms with Crippen LogP contribution in [0.5, 0.6) is 5.75 Å². The zero-order valence-electron chi connectivity index (χ0n) is 20.9. The SMILES string of the molecule is COc1ccc(C2c3cccn3-c3ccccc3N2C(=O)CN(C(=O)Nc2ccc(Br)cc2)C2CC2)cc1. The number of ether oxygens (including phenoxy) is 1. The highest BCUT2D eigenvalue weighted by atomic mass is 79.9. The van der Waals surface area contributed by atoms with E-state index in [9.17, 15) is 9.59 Å². The number of urea groups is 1. The lowest BCUT2D eigenvalue weighted by Crippen LogP contribution is -2.48. The molecule has 3 amide bonds. The second-order valence-electron chi connectivity index (χ2n) is 9.53. The summed E-state index contributed by atoms with van der Waals surface area (Å²) in [4.78, 5) is 31.1. The summed E-state index contributed by atoms with van der Waals surface area (Å²) in [6.07, 6.45) is 3.80. The third-order valence-corrected chi connectivity index (χ3v) is 7.60. The first-order valence-electron chi connectivity index (χ1n) is 12.6. The van der Waals surface area contributed by atoms with Gasteiger partial charge in [0, 0.05) is 22.4 Å². The van der Waals surface area contributed by atoms with E-state index in [2.05, 4.69) is 25.8 Å². The molecule has 0 radical (unpaired) electrons. The van der Waals surface area contributed by atoms with Crippen molar-refractivity contribution in [3.8, 4) is 11.4 Å². The number of aromatic nitrogens is 1. The minimum absolute atomic E-state index is 0.0191. The Bertz CT molecular complexity index is 1480. The molecule has 8 heteroatoms. The van der Waals surface area contributed by atoms with Crippen LogP contribution in [0.2, 0.25) is 0 Å². The molecule has 6 rings (SSSR count). The summed E-state index contributed by atoms with van der Waals surface area (Å²) >= 11 is 3.42. The maximum atomic E-state index is 14.2. The number of hydrogen-bond donors (Lipinski definition) is 1. The topological polar surface area (TPSA) is 66.8 Å². The highest BCUT2D eigenvalue weighted by molar-refractivity contribution is 9.10. The van der Waals surface area contributed by atoms with Crippen LogP contribution < -0.4 is 15.0 Å². The van der Waals surface area contributed by atoms with Crippen LogP contribution in [0.3, 0.4) is 0 Å². The third kappa shape index (κ3) is 4.56. The smallest absolute Gasteiger partial charge is 0.322 e. The van der Waals surface area contributed by atoms with E-state index in [1.165, 1.54) is 0 Å². The number of halogens is 1. The van der Waals surface area contributed by atoms with Gasteiger partial charge in [0.15, 0.2) is 0 Å². The van der Waals surface area contributed by atoms with E-state index in [0.29, 0.717) is 5.69 Å². The van der Waals surface area contributed by atoms with Crippen molar-refractivity contribution in [2.75, 3.05) is 23.9 Å². The second kappa shape index (κ2) is 10.0. The van der Waals surface area contributed by atoms with Crippen LogP contribution in [0.4, 0.5) is 16.2 Å². The molecule has 1 fully saturated rings. The fourth-order valence-electron chi connectivity index (χ4n) is 5.07. The summed E-state index contributed by atoms with van der Waals surface area (Å²) in [5.41, 5.74) is 4.38. The molecule has 192 valence electrons. The van der Waals surface area contributed by atoms with Crippen LogP contribution in [0.25, 0.3) is 5.69 Å². The van der Waals surface area contributed by atoms with Crippen LogP contribution in [-0.4, -0.2) is 41.1 Å². The Kier molecular flexibility index (Phi) is 6.41. The van der Waals surface area contributed by atoms with Crippen LogP contribution in [0.15, 0.2) is 95.6 Å². The molecule has 1 aliphatic heterocycles. The molecule has 2 aliphatic rings. The molecule has 38 heavy (non-hydrogen) atoms. The van der Waals surface area contributed by atoms with Crippen LogP contribution in [0.1, 0.15) is 30.1 Å². The number of methoxy groups -OCH3 is 1. The van der Waals surface area contributed by atoms with Gasteiger partial charge in [-0.2, -0.15) is 0 Å². The van der Waals surface area contributed by atoms with Gasteiger partial charge in [0.2, 0.25) is 5.91 Å². The first kappa shape index (κ1) is 24.3. The molecule has 7 nitrogen and oxygen atoms in total. The van der Waals surface area contributed by atoms with Gasteiger partial charge in [0.25, 0.3) is 0 Å². The quantitative estimate of drug-likeness (QED) is 0.292. The summed E-state index contributed by atoms with van der Waals surface area (Å²) in [5, 5.41) is 2.96. The summed E-state index contributed by atoms with van der Waals surface area (Å²) in [6.45, 7) is -0.0191. The number of fused-ring (bicyclic) bond motifs is 3. The van der Waals surface area contributed by atoms with Crippen LogP contribution in [0, 0.1) is 0 Å². The number of rotatable bonds is 6. The maximum absolute atomic E-state index is 14.2. The van der Waals surface area contributed by atoms with E-state index in [4.69, 9.17) is 4.74 Å². The fraction of sp³-hybridized carbons (Fsp3) is 0.200. The standard InChI is InChI=1S/C30H27BrN4O3/c1-38-24-16-8-20(9-17-24)29-27-7-4-18-33(27)25-5-2-3-6-26(25)35(29)28(36)19-34(23-14-15-23)30(37)32-22-12-10-21(31)11-13-22/h2-13,16-18,23,29H,14-15,19H2,1H3,(H,32,37). The van der Waals surface area contributed by atoms with E-state index in [1.807, 2.05) is 96.0 Å². The van der Waals surface area contributed by atoms with Crippen molar-refractivity contribution < 1.29 is 14.3 Å². The van der Waals surface area contributed by atoms with Gasteiger partial charge in [-0.15, -0.1) is 0 Å².